The summed E-state index contributed by atoms with van der Waals surface area (Å²) in [5.74, 6) is -1.77. The first-order chi connectivity index (χ1) is 21.5. The number of methoxy groups -OCH3 is 1. The van der Waals surface area contributed by atoms with E-state index in [9.17, 15) is 45.6 Å². The summed E-state index contributed by atoms with van der Waals surface area (Å²) in [5.41, 5.74) is -0.745. The lowest BCUT2D eigenvalue weighted by Gasteiger charge is -2.42. The average molecular weight is 612 g/mol. The van der Waals surface area contributed by atoms with Crippen molar-refractivity contribution in [3.05, 3.63) is 46.6 Å². The van der Waals surface area contributed by atoms with Gasteiger partial charge in [0.25, 0.3) is 0 Å². The van der Waals surface area contributed by atoms with Crippen molar-refractivity contribution in [2.75, 3.05) is 13.6 Å². The summed E-state index contributed by atoms with van der Waals surface area (Å²) in [7, 11) is -2.82. The Bertz CT molecular complexity index is 1610. The Hall–Kier alpha value is -3.51. The van der Waals surface area contributed by atoms with Gasteiger partial charge in [-0.1, -0.05) is 0 Å². The lowest BCUT2D eigenvalue weighted by Crippen LogP contribution is -2.61. The number of ether oxygens (including phenoxy) is 5. The van der Waals surface area contributed by atoms with Gasteiger partial charge in [-0.25, -0.2) is 0 Å². The van der Waals surface area contributed by atoms with Crippen LogP contribution >= 0.6 is 0 Å². The molecule has 0 saturated carbocycles. The van der Waals surface area contributed by atoms with E-state index in [0.29, 0.717) is 0 Å². The van der Waals surface area contributed by atoms with Gasteiger partial charge in [0, 0.05) is 23.8 Å². The SMILES string of the molecule is [2H]C([2H])([2H])Oc1ccc(-c2cc(=O)c3c(O)cc(O[C@@H]4OC(CO[C@@H]5O[C@@H](C)[C@@H](O)[C@@H](O)[C@H]5O)[C@@H](O)C(O)[C@@H]4O)cc3o2)cc1O. The Morgan fingerprint density at radius 3 is 2.28 bits per heavy atom. The first-order valence-corrected chi connectivity index (χ1v) is 13.0. The Kier molecular flexibility index (Phi) is 7.70. The summed E-state index contributed by atoms with van der Waals surface area (Å²) in [6.45, 7) is 0.903. The molecule has 0 aliphatic carbocycles. The summed E-state index contributed by atoms with van der Waals surface area (Å²) >= 11 is 0. The Morgan fingerprint density at radius 2 is 1.56 bits per heavy atom. The minimum Gasteiger partial charge on any atom is -0.507 e. The van der Waals surface area contributed by atoms with Crippen molar-refractivity contribution in [3.63, 3.8) is 0 Å². The molecule has 234 valence electrons. The van der Waals surface area contributed by atoms with Gasteiger partial charge in [-0.2, -0.15) is 0 Å². The molecule has 0 radical (unpaired) electrons. The Morgan fingerprint density at radius 1 is 0.837 bits per heavy atom. The van der Waals surface area contributed by atoms with Gasteiger partial charge in [0.15, 0.2) is 23.2 Å². The van der Waals surface area contributed by atoms with Crippen LogP contribution in [-0.2, 0) is 14.2 Å². The second kappa shape index (κ2) is 12.2. The number of rotatable bonds is 7. The molecule has 8 N–H and O–H groups in total. The van der Waals surface area contributed by atoms with Gasteiger partial charge in [0.2, 0.25) is 6.29 Å². The van der Waals surface area contributed by atoms with Crippen LogP contribution in [-0.4, -0.2) is 116 Å². The molecule has 3 heterocycles. The van der Waals surface area contributed by atoms with E-state index >= 15 is 0 Å². The lowest BCUT2D eigenvalue weighted by atomic mass is 9.98. The van der Waals surface area contributed by atoms with E-state index in [4.69, 9.17) is 32.2 Å². The van der Waals surface area contributed by atoms with Crippen molar-refractivity contribution in [1.29, 1.82) is 0 Å². The van der Waals surface area contributed by atoms with Gasteiger partial charge >= 0.3 is 0 Å². The van der Waals surface area contributed by atoms with E-state index in [2.05, 4.69) is 0 Å². The number of aromatic hydroxyl groups is 2. The molecule has 2 saturated heterocycles. The summed E-state index contributed by atoms with van der Waals surface area (Å²) in [6.07, 6.45) is -15.4. The average Bonchev–Trinajstić information content (AvgIpc) is 2.98. The fraction of sp³-hybridized carbons (Fsp3) is 0.464. The first kappa shape index (κ1) is 27.1. The lowest BCUT2D eigenvalue weighted by molar-refractivity contribution is -0.318. The number of phenolic OH excluding ortho intramolecular Hbond substituents is 2. The highest BCUT2D eigenvalue weighted by Gasteiger charge is 2.47. The Balaban J connectivity index is 1.36. The molecule has 15 heteroatoms. The number of phenols is 2. The molecule has 1 aromatic heterocycles. The molecule has 2 fully saturated rings. The highest BCUT2D eigenvalue weighted by molar-refractivity contribution is 5.86. The van der Waals surface area contributed by atoms with Gasteiger partial charge in [-0.3, -0.25) is 4.79 Å². The molecule has 3 aromatic rings. The molecule has 0 spiro atoms. The molecule has 15 nitrogen and oxygen atoms in total. The van der Waals surface area contributed by atoms with Crippen LogP contribution in [0.5, 0.6) is 23.0 Å². The molecule has 0 bridgehead atoms. The van der Waals surface area contributed by atoms with Crippen LogP contribution in [0.3, 0.4) is 0 Å². The standard InChI is InChI=1S/C28H32O15/c1-10-21(32)23(34)25(36)27(40-10)39-9-19-22(33)24(35)26(37)28(43-19)41-12-6-14(30)20-15(31)8-17(42-18(20)7-12)11-3-4-16(38-2)13(29)5-11/h3-8,10,19,21-30,32-37H,9H2,1-2H3/t10-,19?,21+,22+,23+,24?,25+,26-,27+,28+/m0/s1/i2D3. The molecule has 0 amide bonds. The molecule has 43 heavy (non-hydrogen) atoms. The maximum absolute atomic E-state index is 12.9. The Labute approximate surface area is 247 Å². The second-order valence-corrected chi connectivity index (χ2v) is 10.2. The van der Waals surface area contributed by atoms with Crippen LogP contribution in [0.4, 0.5) is 0 Å². The normalized spacial score (nSPS) is 34.3. The molecule has 5 rings (SSSR count). The minimum absolute atomic E-state index is 0.0893. The van der Waals surface area contributed by atoms with Crippen LogP contribution in [0.15, 0.2) is 45.6 Å². The van der Waals surface area contributed by atoms with Crippen molar-refractivity contribution < 1.29 is 73.1 Å². The van der Waals surface area contributed by atoms with Gasteiger partial charge in [0.1, 0.15) is 71.0 Å². The number of hydrogen-bond donors (Lipinski definition) is 8. The number of hydrogen-bond acceptors (Lipinski definition) is 15. The highest BCUT2D eigenvalue weighted by Crippen LogP contribution is 2.35. The van der Waals surface area contributed by atoms with Gasteiger partial charge in [0.05, 0.1) is 23.9 Å². The zero-order valence-corrected chi connectivity index (χ0v) is 22.4. The van der Waals surface area contributed by atoms with Crippen molar-refractivity contribution in [1.82, 2.24) is 0 Å². The predicted octanol–water partition coefficient (Wildman–Crippen LogP) is -1.09. The fourth-order valence-electron chi connectivity index (χ4n) is 4.84. The maximum atomic E-state index is 12.9. The third-order valence-electron chi connectivity index (χ3n) is 7.29. The fourth-order valence-corrected chi connectivity index (χ4v) is 4.84. The third-order valence-corrected chi connectivity index (χ3v) is 7.29. The zero-order valence-electron chi connectivity index (χ0n) is 25.4. The molecule has 2 aliphatic heterocycles. The number of aliphatic hydroxyl groups is 6. The molecular formula is C28H32O15. The summed E-state index contributed by atoms with van der Waals surface area (Å²) in [6, 6.07) is 6.81. The molecule has 2 aromatic carbocycles. The molecule has 2 aliphatic rings. The monoisotopic (exact) mass is 611 g/mol. The van der Waals surface area contributed by atoms with Gasteiger partial charge < -0.3 is 69.0 Å². The number of fused-ring (bicyclic) bond motifs is 1. The van der Waals surface area contributed by atoms with E-state index in [0.717, 1.165) is 24.3 Å². The van der Waals surface area contributed by atoms with Crippen LogP contribution in [0.2, 0.25) is 0 Å². The largest absolute Gasteiger partial charge is 0.507 e. The van der Waals surface area contributed by atoms with Gasteiger partial charge in [-0.05, 0) is 25.1 Å². The summed E-state index contributed by atoms with van der Waals surface area (Å²) in [5, 5.41) is 82.1. The van der Waals surface area contributed by atoms with E-state index in [1.54, 1.807) is 0 Å². The van der Waals surface area contributed by atoms with Crippen molar-refractivity contribution in [2.45, 2.75) is 68.3 Å². The van der Waals surface area contributed by atoms with E-state index in [-0.39, 0.29) is 33.8 Å². The molecular weight excluding hydrogens is 576 g/mol. The third kappa shape index (κ3) is 5.99. The van der Waals surface area contributed by atoms with Crippen molar-refractivity contribution >= 4 is 11.0 Å². The highest BCUT2D eigenvalue weighted by atomic mass is 16.7. The minimum atomic E-state index is -2.82. The first-order valence-electron chi connectivity index (χ1n) is 14.5. The summed E-state index contributed by atoms with van der Waals surface area (Å²) < 4.78 is 54.1. The second-order valence-electron chi connectivity index (χ2n) is 10.2. The molecule has 2 unspecified atom stereocenters. The van der Waals surface area contributed by atoms with E-state index in [1.807, 2.05) is 0 Å². The van der Waals surface area contributed by atoms with Crippen LogP contribution < -0.4 is 14.9 Å². The quantitative estimate of drug-likeness (QED) is 0.158. The van der Waals surface area contributed by atoms with Gasteiger partial charge in [-0.15, -0.1) is 0 Å². The zero-order chi connectivity index (χ0) is 33.7. The van der Waals surface area contributed by atoms with Crippen molar-refractivity contribution in [2.24, 2.45) is 0 Å². The number of benzene rings is 2. The van der Waals surface area contributed by atoms with Crippen molar-refractivity contribution in [3.8, 4) is 34.3 Å². The smallest absolute Gasteiger partial charge is 0.229 e. The molecule has 10 atom stereocenters. The summed E-state index contributed by atoms with van der Waals surface area (Å²) in [4.78, 5) is 12.9. The topological polar surface area (TPSA) is 238 Å². The predicted molar refractivity (Wildman–Crippen MR) is 143 cm³/mol. The van der Waals surface area contributed by atoms with Crippen LogP contribution in [0.25, 0.3) is 22.3 Å². The van der Waals surface area contributed by atoms with E-state index < -0.39 is 92.0 Å². The van der Waals surface area contributed by atoms with E-state index in [1.165, 1.54) is 19.1 Å². The van der Waals surface area contributed by atoms with Crippen LogP contribution in [0.1, 0.15) is 11.0 Å². The maximum Gasteiger partial charge on any atom is 0.229 e. The number of aliphatic hydroxyl groups excluding tert-OH is 6. The van der Waals surface area contributed by atoms with Crippen LogP contribution in [0, 0.1) is 0 Å².